The Bertz CT molecular complexity index is 431. The van der Waals surface area contributed by atoms with Crippen molar-refractivity contribution in [2.24, 2.45) is 5.73 Å². The molecule has 1 aromatic carbocycles. The van der Waals surface area contributed by atoms with Crippen LogP contribution in [0.5, 0.6) is 0 Å². The zero-order valence-corrected chi connectivity index (χ0v) is 8.73. The molecule has 0 saturated heterocycles. The molecule has 3 heteroatoms. The van der Waals surface area contributed by atoms with Crippen molar-refractivity contribution in [1.82, 2.24) is 5.16 Å². The van der Waals surface area contributed by atoms with Crippen LogP contribution in [0.3, 0.4) is 0 Å². The maximum absolute atomic E-state index is 5.45. The number of aromatic nitrogens is 1. The highest BCUT2D eigenvalue weighted by atomic mass is 16.5. The first-order valence-electron chi connectivity index (χ1n) is 5.02. The van der Waals surface area contributed by atoms with E-state index < -0.39 is 0 Å². The van der Waals surface area contributed by atoms with Crippen molar-refractivity contribution in [3.63, 3.8) is 0 Å². The Morgan fingerprint density at radius 2 is 2.00 bits per heavy atom. The molecule has 0 fully saturated rings. The van der Waals surface area contributed by atoms with Crippen LogP contribution in [0.2, 0.25) is 0 Å². The lowest BCUT2D eigenvalue weighted by Gasteiger charge is -1.95. The Kier molecular flexibility index (Phi) is 2.83. The summed E-state index contributed by atoms with van der Waals surface area (Å²) in [5.41, 5.74) is 8.65. The molecule has 2 rings (SSSR count). The van der Waals surface area contributed by atoms with Crippen LogP contribution in [0.1, 0.15) is 11.3 Å². The minimum Gasteiger partial charge on any atom is -0.356 e. The van der Waals surface area contributed by atoms with Gasteiger partial charge >= 0.3 is 0 Å². The lowest BCUT2D eigenvalue weighted by molar-refractivity contribution is 0.423. The first-order valence-corrected chi connectivity index (χ1v) is 5.02. The van der Waals surface area contributed by atoms with Gasteiger partial charge in [-0.3, -0.25) is 0 Å². The van der Waals surface area contributed by atoms with E-state index in [1.165, 1.54) is 5.56 Å². The molecule has 78 valence electrons. The molecule has 0 spiro atoms. The first kappa shape index (κ1) is 9.93. The second-order valence-electron chi connectivity index (χ2n) is 3.59. The predicted molar refractivity (Wildman–Crippen MR) is 59.4 cm³/mol. The van der Waals surface area contributed by atoms with Crippen LogP contribution in [0, 0.1) is 6.92 Å². The summed E-state index contributed by atoms with van der Waals surface area (Å²) in [6.45, 7) is 2.66. The van der Waals surface area contributed by atoms with Crippen LogP contribution in [0.15, 0.2) is 34.9 Å². The molecule has 1 heterocycles. The maximum atomic E-state index is 5.45. The number of benzene rings is 1. The topological polar surface area (TPSA) is 52.0 Å². The van der Waals surface area contributed by atoms with Crippen LogP contribution in [-0.2, 0) is 6.42 Å². The van der Waals surface area contributed by atoms with Crippen LogP contribution < -0.4 is 5.73 Å². The fourth-order valence-corrected chi connectivity index (χ4v) is 1.43. The molecule has 0 aliphatic rings. The summed E-state index contributed by atoms with van der Waals surface area (Å²) < 4.78 is 5.24. The first-order chi connectivity index (χ1) is 7.29. The summed E-state index contributed by atoms with van der Waals surface area (Å²) in [4.78, 5) is 0. The minimum absolute atomic E-state index is 0.597. The Hall–Kier alpha value is -1.61. The van der Waals surface area contributed by atoms with E-state index in [-0.39, 0.29) is 0 Å². The van der Waals surface area contributed by atoms with Gasteiger partial charge in [0.15, 0.2) is 5.76 Å². The molecule has 3 nitrogen and oxygen atoms in total. The van der Waals surface area contributed by atoms with Gasteiger partial charge in [0.1, 0.15) is 0 Å². The lowest BCUT2D eigenvalue weighted by Crippen LogP contribution is -2.02. The molecule has 2 aromatic rings. The van der Waals surface area contributed by atoms with Gasteiger partial charge in [-0.15, -0.1) is 0 Å². The van der Waals surface area contributed by atoms with Crippen LogP contribution in [0.25, 0.3) is 11.3 Å². The molecule has 0 unspecified atom stereocenters. The third-order valence-corrected chi connectivity index (χ3v) is 2.30. The third kappa shape index (κ3) is 2.25. The van der Waals surface area contributed by atoms with Gasteiger partial charge in [-0.2, -0.15) is 0 Å². The van der Waals surface area contributed by atoms with E-state index in [1.54, 1.807) is 0 Å². The zero-order chi connectivity index (χ0) is 10.7. The van der Waals surface area contributed by atoms with E-state index in [0.29, 0.717) is 6.54 Å². The van der Waals surface area contributed by atoms with Crippen LogP contribution in [-0.4, -0.2) is 11.7 Å². The van der Waals surface area contributed by atoms with Crippen LogP contribution in [0.4, 0.5) is 0 Å². The van der Waals surface area contributed by atoms with E-state index in [9.17, 15) is 0 Å². The number of hydrogen-bond acceptors (Lipinski definition) is 3. The van der Waals surface area contributed by atoms with Gasteiger partial charge in [0.2, 0.25) is 0 Å². The predicted octanol–water partition coefficient (Wildman–Crippen LogP) is 2.15. The molecule has 0 bridgehead atoms. The van der Waals surface area contributed by atoms with Crippen molar-refractivity contribution in [3.05, 3.63) is 41.6 Å². The van der Waals surface area contributed by atoms with E-state index in [0.717, 1.165) is 23.4 Å². The van der Waals surface area contributed by atoms with Crippen molar-refractivity contribution in [2.45, 2.75) is 13.3 Å². The number of nitrogens with zero attached hydrogens (tertiary/aromatic N) is 1. The molecule has 0 aliphatic carbocycles. The van der Waals surface area contributed by atoms with Gasteiger partial charge in [0.25, 0.3) is 0 Å². The van der Waals surface area contributed by atoms with Gasteiger partial charge in [-0.25, -0.2) is 0 Å². The monoisotopic (exact) mass is 202 g/mol. The zero-order valence-electron chi connectivity index (χ0n) is 8.73. The standard InChI is InChI=1S/C12H14N2O/c1-9-2-4-10(5-3-9)12-8-11(6-7-13)14-15-12/h2-5,8H,6-7,13H2,1H3. The highest BCUT2D eigenvalue weighted by Crippen LogP contribution is 2.20. The fourth-order valence-electron chi connectivity index (χ4n) is 1.43. The molecular formula is C12H14N2O. The Labute approximate surface area is 88.9 Å². The minimum atomic E-state index is 0.597. The van der Waals surface area contributed by atoms with E-state index >= 15 is 0 Å². The normalized spacial score (nSPS) is 10.5. The molecule has 0 saturated carbocycles. The molecule has 0 atom stereocenters. The summed E-state index contributed by atoms with van der Waals surface area (Å²) in [7, 11) is 0. The number of aryl methyl sites for hydroxylation is 1. The van der Waals surface area contributed by atoms with E-state index in [1.807, 2.05) is 18.2 Å². The van der Waals surface area contributed by atoms with Gasteiger partial charge < -0.3 is 10.3 Å². The average Bonchev–Trinajstić information content (AvgIpc) is 2.68. The van der Waals surface area contributed by atoms with Crippen molar-refractivity contribution in [2.75, 3.05) is 6.54 Å². The highest BCUT2D eigenvalue weighted by Gasteiger charge is 2.05. The highest BCUT2D eigenvalue weighted by molar-refractivity contribution is 5.57. The molecule has 2 N–H and O–H groups in total. The fraction of sp³-hybridized carbons (Fsp3) is 0.250. The van der Waals surface area contributed by atoms with Crippen molar-refractivity contribution < 1.29 is 4.52 Å². The van der Waals surface area contributed by atoms with Crippen molar-refractivity contribution >= 4 is 0 Å². The second-order valence-corrected chi connectivity index (χ2v) is 3.59. The van der Waals surface area contributed by atoms with Gasteiger partial charge in [0, 0.05) is 18.1 Å². The van der Waals surface area contributed by atoms with Gasteiger partial charge in [-0.1, -0.05) is 35.0 Å². The Balaban J connectivity index is 2.25. The summed E-state index contributed by atoms with van der Waals surface area (Å²) in [5.74, 6) is 0.804. The van der Waals surface area contributed by atoms with E-state index in [4.69, 9.17) is 10.3 Å². The Morgan fingerprint density at radius 3 is 2.67 bits per heavy atom. The SMILES string of the molecule is Cc1ccc(-c2cc(CCN)no2)cc1. The summed E-state index contributed by atoms with van der Waals surface area (Å²) in [6, 6.07) is 10.1. The smallest absolute Gasteiger partial charge is 0.167 e. The number of hydrogen-bond donors (Lipinski definition) is 1. The molecule has 0 radical (unpaired) electrons. The van der Waals surface area contributed by atoms with Gasteiger partial charge in [0.05, 0.1) is 5.69 Å². The average molecular weight is 202 g/mol. The Morgan fingerprint density at radius 1 is 1.27 bits per heavy atom. The van der Waals surface area contributed by atoms with Crippen LogP contribution >= 0.6 is 0 Å². The number of nitrogens with two attached hydrogens (primary N) is 1. The summed E-state index contributed by atoms with van der Waals surface area (Å²) >= 11 is 0. The quantitative estimate of drug-likeness (QED) is 0.829. The molecule has 15 heavy (non-hydrogen) atoms. The number of rotatable bonds is 3. The molecule has 0 aliphatic heterocycles. The lowest BCUT2D eigenvalue weighted by atomic mass is 10.1. The molecular weight excluding hydrogens is 188 g/mol. The largest absolute Gasteiger partial charge is 0.356 e. The van der Waals surface area contributed by atoms with E-state index in [2.05, 4.69) is 24.2 Å². The van der Waals surface area contributed by atoms with Crippen molar-refractivity contribution in [3.8, 4) is 11.3 Å². The summed E-state index contributed by atoms with van der Waals surface area (Å²) in [6.07, 6.45) is 0.759. The molecule has 0 amide bonds. The third-order valence-electron chi connectivity index (χ3n) is 2.30. The second kappa shape index (κ2) is 4.28. The molecule has 1 aromatic heterocycles. The van der Waals surface area contributed by atoms with Crippen molar-refractivity contribution in [1.29, 1.82) is 0 Å². The maximum Gasteiger partial charge on any atom is 0.167 e. The summed E-state index contributed by atoms with van der Waals surface area (Å²) in [5, 5.41) is 3.95. The van der Waals surface area contributed by atoms with Gasteiger partial charge in [-0.05, 0) is 13.5 Å².